The third-order valence-electron chi connectivity index (χ3n) is 3.51. The standard InChI is InChI=1S/C16H26ClN3O/c1-4-9-19-15(21)11-20(3)16(14(18)5-2)12-7-6-8-13(17)10-12/h6-8,10,14,16H,4-5,9,11,18H2,1-3H3,(H,19,21). The number of carbonyl (C=O) groups is 1. The number of carbonyl (C=O) groups excluding carboxylic acids is 1. The Morgan fingerprint density at radius 1 is 1.43 bits per heavy atom. The van der Waals surface area contributed by atoms with Gasteiger partial charge in [0.15, 0.2) is 0 Å². The van der Waals surface area contributed by atoms with Crippen LogP contribution in [0.15, 0.2) is 24.3 Å². The zero-order chi connectivity index (χ0) is 15.8. The summed E-state index contributed by atoms with van der Waals surface area (Å²) >= 11 is 6.08. The van der Waals surface area contributed by atoms with Gasteiger partial charge in [-0.3, -0.25) is 9.69 Å². The Bertz CT molecular complexity index is 453. The van der Waals surface area contributed by atoms with Gasteiger partial charge in [-0.15, -0.1) is 0 Å². The molecule has 0 aliphatic heterocycles. The number of nitrogens with two attached hydrogens (primary N) is 1. The molecule has 5 heteroatoms. The molecule has 2 atom stereocenters. The highest BCUT2D eigenvalue weighted by atomic mass is 35.5. The molecule has 21 heavy (non-hydrogen) atoms. The average molecular weight is 312 g/mol. The number of hydrogen-bond donors (Lipinski definition) is 2. The van der Waals surface area contributed by atoms with Gasteiger partial charge in [0, 0.05) is 17.6 Å². The van der Waals surface area contributed by atoms with E-state index in [9.17, 15) is 4.79 Å². The molecule has 0 bridgehead atoms. The molecular weight excluding hydrogens is 286 g/mol. The van der Waals surface area contributed by atoms with Gasteiger partial charge in [-0.1, -0.05) is 37.6 Å². The lowest BCUT2D eigenvalue weighted by molar-refractivity contribution is -0.122. The first kappa shape index (κ1) is 18.0. The third kappa shape index (κ3) is 5.65. The van der Waals surface area contributed by atoms with Gasteiger partial charge in [0.2, 0.25) is 5.91 Å². The summed E-state index contributed by atoms with van der Waals surface area (Å²) in [6.45, 7) is 5.11. The van der Waals surface area contributed by atoms with Crippen molar-refractivity contribution < 1.29 is 4.79 Å². The maximum atomic E-state index is 11.9. The van der Waals surface area contributed by atoms with E-state index in [1.54, 1.807) is 0 Å². The number of hydrogen-bond acceptors (Lipinski definition) is 3. The molecule has 0 aliphatic rings. The molecule has 0 aromatic heterocycles. The third-order valence-corrected chi connectivity index (χ3v) is 3.74. The van der Waals surface area contributed by atoms with Crippen LogP contribution in [0.1, 0.15) is 38.3 Å². The van der Waals surface area contributed by atoms with Crippen molar-refractivity contribution in [3.05, 3.63) is 34.9 Å². The number of rotatable bonds is 8. The zero-order valence-electron chi connectivity index (χ0n) is 13.1. The smallest absolute Gasteiger partial charge is 0.234 e. The summed E-state index contributed by atoms with van der Waals surface area (Å²) in [4.78, 5) is 13.9. The van der Waals surface area contributed by atoms with Crippen molar-refractivity contribution in [3.63, 3.8) is 0 Å². The summed E-state index contributed by atoms with van der Waals surface area (Å²) in [5, 5.41) is 3.58. The maximum absolute atomic E-state index is 11.9. The topological polar surface area (TPSA) is 58.4 Å². The lowest BCUT2D eigenvalue weighted by Gasteiger charge is -2.32. The number of nitrogens with zero attached hydrogens (tertiary/aromatic N) is 1. The van der Waals surface area contributed by atoms with Gasteiger partial charge in [-0.25, -0.2) is 0 Å². The molecule has 1 rings (SSSR count). The van der Waals surface area contributed by atoms with Crippen LogP contribution in [0.2, 0.25) is 5.02 Å². The fourth-order valence-corrected chi connectivity index (χ4v) is 2.59. The Morgan fingerprint density at radius 2 is 2.14 bits per heavy atom. The van der Waals surface area contributed by atoms with Crippen LogP contribution in [0.25, 0.3) is 0 Å². The van der Waals surface area contributed by atoms with E-state index < -0.39 is 0 Å². The van der Waals surface area contributed by atoms with Crippen molar-refractivity contribution in [3.8, 4) is 0 Å². The predicted octanol–water partition coefficient (Wildman–Crippen LogP) is 2.58. The van der Waals surface area contributed by atoms with Gasteiger partial charge < -0.3 is 11.1 Å². The fourth-order valence-electron chi connectivity index (χ4n) is 2.39. The van der Waals surface area contributed by atoms with Crippen LogP contribution in [0.5, 0.6) is 0 Å². The molecule has 1 amide bonds. The largest absolute Gasteiger partial charge is 0.355 e. The number of halogens is 1. The van der Waals surface area contributed by atoms with E-state index in [1.165, 1.54) is 0 Å². The molecule has 0 fully saturated rings. The van der Waals surface area contributed by atoms with Crippen LogP contribution in [0, 0.1) is 0 Å². The minimum atomic E-state index is -0.0487. The van der Waals surface area contributed by atoms with Crippen LogP contribution in [-0.2, 0) is 4.79 Å². The number of benzene rings is 1. The summed E-state index contributed by atoms with van der Waals surface area (Å²) in [5.41, 5.74) is 7.30. The van der Waals surface area contributed by atoms with E-state index in [-0.39, 0.29) is 18.0 Å². The molecule has 118 valence electrons. The lowest BCUT2D eigenvalue weighted by atomic mass is 9.96. The maximum Gasteiger partial charge on any atom is 0.234 e. The van der Waals surface area contributed by atoms with E-state index >= 15 is 0 Å². The highest BCUT2D eigenvalue weighted by molar-refractivity contribution is 6.30. The molecule has 1 aromatic rings. The summed E-state index contributed by atoms with van der Waals surface area (Å²) in [5.74, 6) is 0.0229. The average Bonchev–Trinajstić information content (AvgIpc) is 2.45. The fraction of sp³-hybridized carbons (Fsp3) is 0.562. The Morgan fingerprint density at radius 3 is 2.71 bits per heavy atom. The highest BCUT2D eigenvalue weighted by Crippen LogP contribution is 2.25. The number of nitrogens with one attached hydrogen (secondary N) is 1. The van der Waals surface area contributed by atoms with E-state index in [2.05, 4.69) is 5.32 Å². The first-order valence-corrected chi connectivity index (χ1v) is 7.85. The molecule has 0 spiro atoms. The summed E-state index contributed by atoms with van der Waals surface area (Å²) in [6.07, 6.45) is 1.76. The van der Waals surface area contributed by atoms with Gasteiger partial charge in [-0.2, -0.15) is 0 Å². The Hall–Kier alpha value is -1.10. The normalized spacial score (nSPS) is 14.0. The van der Waals surface area contributed by atoms with E-state index in [4.69, 9.17) is 17.3 Å². The summed E-state index contributed by atoms with van der Waals surface area (Å²) in [7, 11) is 1.92. The Labute approximate surface area is 132 Å². The second-order valence-corrected chi connectivity index (χ2v) is 5.77. The van der Waals surface area contributed by atoms with Crippen molar-refractivity contribution in [1.29, 1.82) is 0 Å². The SMILES string of the molecule is CCCNC(=O)CN(C)C(c1cccc(Cl)c1)C(N)CC. The molecule has 0 saturated heterocycles. The van der Waals surface area contributed by atoms with Gasteiger partial charge in [0.25, 0.3) is 0 Å². The molecule has 1 aromatic carbocycles. The minimum absolute atomic E-state index is 0.0229. The summed E-state index contributed by atoms with van der Waals surface area (Å²) in [6, 6.07) is 7.61. The van der Waals surface area contributed by atoms with Gasteiger partial charge in [0.1, 0.15) is 0 Å². The molecule has 2 unspecified atom stereocenters. The van der Waals surface area contributed by atoms with Gasteiger partial charge in [0.05, 0.1) is 12.6 Å². The molecule has 0 radical (unpaired) electrons. The van der Waals surface area contributed by atoms with Crippen molar-refractivity contribution in [1.82, 2.24) is 10.2 Å². The first-order chi connectivity index (χ1) is 9.99. The molecular formula is C16H26ClN3O. The Kier molecular flexibility index (Phi) is 7.72. The first-order valence-electron chi connectivity index (χ1n) is 7.47. The number of likely N-dealkylation sites (N-methyl/N-ethyl adjacent to an activating group) is 1. The van der Waals surface area contributed by atoms with E-state index in [0.29, 0.717) is 18.1 Å². The van der Waals surface area contributed by atoms with Crippen LogP contribution in [-0.4, -0.2) is 37.0 Å². The van der Waals surface area contributed by atoms with Crippen molar-refractivity contribution in [2.24, 2.45) is 5.73 Å². The summed E-state index contributed by atoms with van der Waals surface area (Å²) < 4.78 is 0. The number of amides is 1. The van der Waals surface area contributed by atoms with Crippen molar-refractivity contribution >= 4 is 17.5 Å². The van der Waals surface area contributed by atoms with Gasteiger partial charge in [-0.05, 0) is 37.6 Å². The van der Waals surface area contributed by atoms with Crippen LogP contribution >= 0.6 is 11.6 Å². The highest BCUT2D eigenvalue weighted by Gasteiger charge is 2.24. The van der Waals surface area contributed by atoms with E-state index in [1.807, 2.05) is 50.1 Å². The lowest BCUT2D eigenvalue weighted by Crippen LogP contribution is -2.43. The quantitative estimate of drug-likeness (QED) is 0.776. The van der Waals surface area contributed by atoms with Crippen LogP contribution in [0.4, 0.5) is 0 Å². The predicted molar refractivity (Wildman–Crippen MR) is 88.4 cm³/mol. The van der Waals surface area contributed by atoms with Crippen LogP contribution < -0.4 is 11.1 Å². The molecule has 0 saturated carbocycles. The second kappa shape index (κ2) is 9.03. The molecule has 3 N–H and O–H groups in total. The monoisotopic (exact) mass is 311 g/mol. The van der Waals surface area contributed by atoms with Crippen molar-refractivity contribution in [2.45, 2.75) is 38.8 Å². The zero-order valence-corrected chi connectivity index (χ0v) is 13.9. The Balaban J connectivity index is 2.85. The van der Waals surface area contributed by atoms with E-state index in [0.717, 1.165) is 18.4 Å². The van der Waals surface area contributed by atoms with Crippen LogP contribution in [0.3, 0.4) is 0 Å². The van der Waals surface area contributed by atoms with Crippen molar-refractivity contribution in [2.75, 3.05) is 20.1 Å². The molecule has 4 nitrogen and oxygen atoms in total. The minimum Gasteiger partial charge on any atom is -0.355 e. The second-order valence-electron chi connectivity index (χ2n) is 5.34. The molecule has 0 heterocycles. The van der Waals surface area contributed by atoms with Gasteiger partial charge >= 0.3 is 0 Å². The molecule has 0 aliphatic carbocycles.